The molecule has 11 rings (SSSR count). The number of halogens is 2. The van der Waals surface area contributed by atoms with E-state index in [1.165, 1.54) is 64.9 Å². The van der Waals surface area contributed by atoms with Crippen molar-refractivity contribution in [2.24, 2.45) is 5.92 Å². The molecular weight excluding hydrogens is 1140 g/mol. The predicted octanol–water partition coefficient (Wildman–Crippen LogP) is 6.39. The van der Waals surface area contributed by atoms with Gasteiger partial charge in [0.2, 0.25) is 11.6 Å². The summed E-state index contributed by atoms with van der Waals surface area (Å²) in [6.07, 6.45) is 2.38. The smallest absolute Gasteiger partial charge is 0.850 e. The standard InChI is InChI=1S/C30H28FN5O2.C12H8FN3O2.C12H10N4O3.C4H9O.C2H5NO2.K/c1-18-13-26(36(34-18)23-10-12-28-24(16-23)30(32)35-38-28)27(37)15-22-14-21(9-11-25(22)31)29(33-17-19-7-8-19)20-5-3-2-4-6-20;1-7-5-11(12(17)18)16(15-7)8-3-4-9(13)10(6-8)14-2;1-6-4-9(12(17)18)16(14-6)7-2-3-10-8(5-7)11(13)15-19-10;1-4(2,3)5;1-2(4)3-5;/h2-6,9-14,16,19,29,33H,7-8,15,17H2,1H3,(H2,32,35);3-6H,1H3,(H,17,18);2-5H,1H3,(H2,13,15)(H,17,18);1-3H3;5H,1H3,(H,3,4);/q;;;-1;;+1. The number of benzene rings is 5. The maximum Gasteiger partial charge on any atom is 1.00 e. The number of carbonyl (C=O) groups excluding carboxylic acids is 2. The fourth-order valence-electron chi connectivity index (χ4n) is 8.32. The number of aromatic carboxylic acids is 2. The van der Waals surface area contributed by atoms with Gasteiger partial charge in [0.1, 0.15) is 17.3 Å². The van der Waals surface area contributed by atoms with Crippen LogP contribution in [0.15, 0.2) is 130 Å². The van der Waals surface area contributed by atoms with Crippen LogP contribution in [0.1, 0.15) is 112 Å². The summed E-state index contributed by atoms with van der Waals surface area (Å²) in [4.78, 5) is 48.2. The van der Waals surface area contributed by atoms with E-state index in [1.54, 1.807) is 87.8 Å². The molecule has 0 spiro atoms. The van der Waals surface area contributed by atoms with E-state index in [4.69, 9.17) is 42.5 Å². The molecule has 1 atom stereocenters. The Labute approximate surface area is 533 Å². The second kappa shape index (κ2) is 29.3. The minimum atomic E-state index is -1.13. The fourth-order valence-corrected chi connectivity index (χ4v) is 8.32. The zero-order valence-electron chi connectivity index (χ0n) is 48.2. The fraction of sp³-hybridized carbons (Fsp3) is 0.233. The number of rotatable bonds is 13. The Morgan fingerprint density at radius 1 is 0.698 bits per heavy atom. The van der Waals surface area contributed by atoms with Crippen LogP contribution in [0.2, 0.25) is 0 Å². The Balaban J connectivity index is 0.000000206. The average Bonchev–Trinajstić information content (AvgIpc) is 2.27. The topological polar surface area (TPSA) is 338 Å². The molecule has 0 saturated heterocycles. The normalized spacial score (nSPS) is 11.9. The number of hydrogen-bond donors (Lipinski definition) is 7. The zero-order chi connectivity index (χ0) is 61.9. The number of carboxylic acids is 2. The largest absolute Gasteiger partial charge is 1.00 e. The van der Waals surface area contributed by atoms with Crippen LogP contribution in [-0.2, 0) is 11.2 Å². The monoisotopic (exact) mass is 1200 g/mol. The molecule has 86 heavy (non-hydrogen) atoms. The van der Waals surface area contributed by atoms with Crippen molar-refractivity contribution < 1.29 is 109 Å². The van der Waals surface area contributed by atoms with E-state index in [1.807, 2.05) is 31.2 Å². The first-order valence-corrected chi connectivity index (χ1v) is 26.2. The number of fused-ring (bicyclic) bond motifs is 2. The summed E-state index contributed by atoms with van der Waals surface area (Å²) in [5, 5.41) is 60.9. The first kappa shape index (κ1) is 66.4. The summed E-state index contributed by atoms with van der Waals surface area (Å²) in [5.41, 5.74) is 19.4. The van der Waals surface area contributed by atoms with Crippen molar-refractivity contribution in [1.29, 1.82) is 0 Å². The van der Waals surface area contributed by atoms with Gasteiger partial charge in [-0.25, -0.2) is 42.7 Å². The number of nitrogen functional groups attached to an aromatic ring is 2. The summed E-state index contributed by atoms with van der Waals surface area (Å²) in [7, 11) is 0. The number of carbonyl (C=O) groups is 4. The summed E-state index contributed by atoms with van der Waals surface area (Å²) in [5.74, 6) is -2.68. The van der Waals surface area contributed by atoms with Crippen LogP contribution in [-0.4, -0.2) is 90.8 Å². The van der Waals surface area contributed by atoms with Crippen LogP contribution in [0.4, 0.5) is 26.1 Å². The molecule has 1 aliphatic carbocycles. The molecule has 0 aliphatic heterocycles. The van der Waals surface area contributed by atoms with Gasteiger partial charge in [0.15, 0.2) is 40.0 Å². The number of hydroxylamine groups is 1. The predicted molar refractivity (Wildman–Crippen MR) is 308 cm³/mol. The number of aryl methyl sites for hydroxylation is 3. The second-order valence-corrected chi connectivity index (χ2v) is 20.5. The molecule has 0 bridgehead atoms. The molecule has 5 aromatic carbocycles. The first-order chi connectivity index (χ1) is 40.3. The number of anilines is 2. The molecule has 26 heteroatoms. The molecule has 1 fully saturated rings. The van der Waals surface area contributed by atoms with Crippen molar-refractivity contribution in [1.82, 2.24) is 50.5 Å². The van der Waals surface area contributed by atoms with Crippen molar-refractivity contribution >= 4 is 62.9 Å². The van der Waals surface area contributed by atoms with Gasteiger partial charge < -0.3 is 41.1 Å². The minimum absolute atomic E-state index is 0. The third kappa shape index (κ3) is 17.6. The molecule has 1 aliphatic rings. The van der Waals surface area contributed by atoms with Gasteiger partial charge in [-0.15, -0.1) is 5.60 Å². The van der Waals surface area contributed by atoms with E-state index in [0.29, 0.717) is 73.3 Å². The van der Waals surface area contributed by atoms with Gasteiger partial charge in [-0.2, -0.15) is 15.3 Å². The zero-order valence-corrected chi connectivity index (χ0v) is 51.3. The Bertz CT molecular complexity index is 4080. The van der Waals surface area contributed by atoms with E-state index in [9.17, 15) is 28.7 Å². The van der Waals surface area contributed by atoms with E-state index >= 15 is 4.39 Å². The number of ketones is 1. The molecule has 0 radical (unpaired) electrons. The molecular formula is C60H60F2KN13O10. The maximum atomic E-state index is 15.0. The molecule has 10 aromatic rings. The Hall–Kier alpha value is -8.78. The van der Waals surface area contributed by atoms with Gasteiger partial charge in [0, 0.05) is 13.3 Å². The number of amides is 1. The molecule has 1 saturated carbocycles. The number of hydrogen-bond acceptors (Lipinski definition) is 16. The van der Waals surface area contributed by atoms with Crippen molar-refractivity contribution in [2.75, 3.05) is 18.0 Å². The van der Waals surface area contributed by atoms with Crippen molar-refractivity contribution in [3.63, 3.8) is 0 Å². The van der Waals surface area contributed by atoms with Gasteiger partial charge >= 0.3 is 63.3 Å². The number of carboxylic acid groups (broad SMARTS) is 2. The Morgan fingerprint density at radius 3 is 1.59 bits per heavy atom. The van der Waals surface area contributed by atoms with Crippen LogP contribution >= 0.6 is 0 Å². The third-order valence-electron chi connectivity index (χ3n) is 12.3. The van der Waals surface area contributed by atoms with Gasteiger partial charge in [-0.05, 0) is 142 Å². The van der Waals surface area contributed by atoms with Gasteiger partial charge in [0.05, 0.1) is 57.5 Å². The van der Waals surface area contributed by atoms with Crippen LogP contribution in [0.5, 0.6) is 0 Å². The van der Waals surface area contributed by atoms with E-state index in [2.05, 4.69) is 47.9 Å². The molecule has 1 amide bonds. The molecule has 5 aromatic heterocycles. The van der Waals surface area contributed by atoms with Gasteiger partial charge in [-0.3, -0.25) is 14.8 Å². The maximum absolute atomic E-state index is 15.0. The summed E-state index contributed by atoms with van der Waals surface area (Å²) in [6, 6.07) is 33.9. The summed E-state index contributed by atoms with van der Waals surface area (Å²) >= 11 is 0. The van der Waals surface area contributed by atoms with Gasteiger partial charge in [-0.1, -0.05) is 73.5 Å². The van der Waals surface area contributed by atoms with Crippen LogP contribution in [0.25, 0.3) is 43.8 Å². The number of Topliss-reactive ketones (excluding diaryl/α,β-unsaturated/α-hetero) is 1. The minimum Gasteiger partial charge on any atom is -0.850 e. The van der Waals surface area contributed by atoms with E-state index < -0.39 is 35.1 Å². The molecule has 1 unspecified atom stereocenters. The number of nitrogens with zero attached hydrogens (tertiary/aromatic N) is 9. The molecule has 440 valence electrons. The van der Waals surface area contributed by atoms with Crippen LogP contribution < -0.4 is 78.8 Å². The van der Waals surface area contributed by atoms with Crippen LogP contribution in [0, 0.1) is 44.9 Å². The SMILES string of the molecule is CC(=O)NO.CC(C)(C)[O-].Cc1cc(C(=O)Cc2cc(C(NCC3CC3)c3ccccc3)ccc2F)n(-c2ccc3onc(N)c3c2)n1.Cc1cc(C(=O)O)n(-c2ccc3onc(N)c3c2)n1.[C-]#[N+]c1cc(-n2nc(C)cc2C(=O)O)ccc1F.[K+]. The average molecular weight is 1200 g/mol. The van der Waals surface area contributed by atoms with E-state index in [-0.39, 0.29) is 98.3 Å². The second-order valence-electron chi connectivity index (χ2n) is 20.5. The Kier molecular flexibility index (Phi) is 22.6. The van der Waals surface area contributed by atoms with Gasteiger partial charge in [0.25, 0.3) is 0 Å². The number of nitrogens with two attached hydrogens (primary N) is 2. The summed E-state index contributed by atoms with van der Waals surface area (Å²) < 4.78 is 42.5. The first-order valence-electron chi connectivity index (χ1n) is 26.2. The Morgan fingerprint density at radius 2 is 1.14 bits per heavy atom. The molecule has 23 nitrogen and oxygen atoms in total. The van der Waals surface area contributed by atoms with Crippen molar-refractivity contribution in [3.05, 3.63) is 195 Å². The van der Waals surface area contributed by atoms with Crippen LogP contribution in [0.3, 0.4) is 0 Å². The molecule has 5 heterocycles. The number of nitrogens with one attached hydrogen (secondary N) is 2. The van der Waals surface area contributed by atoms with Crippen molar-refractivity contribution in [2.45, 2.75) is 79.4 Å². The quantitative estimate of drug-likeness (QED) is 0.0216. The van der Waals surface area contributed by atoms with Crippen molar-refractivity contribution in [3.8, 4) is 17.1 Å². The number of aromatic nitrogens is 8. The third-order valence-corrected chi connectivity index (χ3v) is 12.3. The molecule has 9 N–H and O–H groups in total. The van der Waals surface area contributed by atoms with E-state index in [0.717, 1.165) is 23.7 Å². The summed E-state index contributed by atoms with van der Waals surface area (Å²) in [6.45, 7) is 19.1.